The Balaban J connectivity index is 3.01. The topological polar surface area (TPSA) is 72.3 Å². The summed E-state index contributed by atoms with van der Waals surface area (Å²) in [4.78, 5) is 0. The molecule has 0 saturated heterocycles. The molecule has 14 heavy (non-hydrogen) atoms. The molecule has 2 unspecified atom stereocenters. The molecule has 0 aromatic heterocycles. The highest BCUT2D eigenvalue weighted by atomic mass is 16.3. The second kappa shape index (κ2) is 4.44. The summed E-state index contributed by atoms with van der Waals surface area (Å²) in [7, 11) is 0. The summed E-state index contributed by atoms with van der Waals surface area (Å²) < 4.78 is 0. The van der Waals surface area contributed by atoms with Crippen LogP contribution in [0, 0.1) is 6.92 Å². The standard InChI is InChI=1S/C11H18N2O/c1-3-9(12)10(13)8-6-4-5-7(2)11(8)14/h4-6,9-10,14H,3,12-13H2,1-2H3. The molecule has 0 radical (unpaired) electrons. The molecule has 2 atom stereocenters. The van der Waals surface area contributed by atoms with E-state index in [1.165, 1.54) is 0 Å². The van der Waals surface area contributed by atoms with Crippen LogP contribution < -0.4 is 11.5 Å². The Kier molecular flexibility index (Phi) is 3.49. The van der Waals surface area contributed by atoms with E-state index >= 15 is 0 Å². The third-order valence-corrected chi connectivity index (χ3v) is 2.56. The second-order valence-corrected chi connectivity index (χ2v) is 3.61. The molecule has 0 aliphatic rings. The average Bonchev–Trinajstić information content (AvgIpc) is 2.20. The van der Waals surface area contributed by atoms with E-state index in [-0.39, 0.29) is 17.8 Å². The minimum Gasteiger partial charge on any atom is -0.507 e. The van der Waals surface area contributed by atoms with Crippen molar-refractivity contribution < 1.29 is 5.11 Å². The number of phenolic OH excluding ortho intramolecular Hbond substituents is 1. The predicted octanol–water partition coefficient (Wildman–Crippen LogP) is 1.44. The van der Waals surface area contributed by atoms with Gasteiger partial charge in [0, 0.05) is 17.6 Å². The van der Waals surface area contributed by atoms with E-state index in [2.05, 4.69) is 0 Å². The highest BCUT2D eigenvalue weighted by Crippen LogP contribution is 2.27. The van der Waals surface area contributed by atoms with E-state index in [1.54, 1.807) is 0 Å². The van der Waals surface area contributed by atoms with E-state index < -0.39 is 0 Å². The molecule has 0 amide bonds. The van der Waals surface area contributed by atoms with Gasteiger partial charge in [0.15, 0.2) is 0 Å². The maximum absolute atomic E-state index is 9.78. The summed E-state index contributed by atoms with van der Waals surface area (Å²) in [5.74, 6) is 0.268. The van der Waals surface area contributed by atoms with Gasteiger partial charge in [-0.2, -0.15) is 0 Å². The van der Waals surface area contributed by atoms with Crippen molar-refractivity contribution in [3.05, 3.63) is 29.3 Å². The SMILES string of the molecule is CCC(N)C(N)c1cccc(C)c1O. The van der Waals surface area contributed by atoms with Crippen LogP contribution in [0.1, 0.15) is 30.5 Å². The Labute approximate surface area is 84.7 Å². The first-order chi connectivity index (χ1) is 6.57. The van der Waals surface area contributed by atoms with E-state index in [0.717, 1.165) is 17.5 Å². The Hall–Kier alpha value is -1.06. The lowest BCUT2D eigenvalue weighted by atomic mass is 9.96. The molecule has 0 fully saturated rings. The lowest BCUT2D eigenvalue weighted by molar-refractivity contribution is 0.443. The molecular weight excluding hydrogens is 176 g/mol. The molecule has 0 aliphatic carbocycles. The molecule has 3 nitrogen and oxygen atoms in total. The highest BCUT2D eigenvalue weighted by molar-refractivity contribution is 5.41. The van der Waals surface area contributed by atoms with Crippen LogP contribution in [-0.4, -0.2) is 11.1 Å². The highest BCUT2D eigenvalue weighted by Gasteiger charge is 2.17. The molecule has 0 aliphatic heterocycles. The van der Waals surface area contributed by atoms with Crippen LogP contribution in [0.15, 0.2) is 18.2 Å². The van der Waals surface area contributed by atoms with Gasteiger partial charge in [0.25, 0.3) is 0 Å². The summed E-state index contributed by atoms with van der Waals surface area (Å²) in [5, 5.41) is 9.78. The Morgan fingerprint density at radius 3 is 2.57 bits per heavy atom. The van der Waals surface area contributed by atoms with Crippen molar-refractivity contribution in [2.45, 2.75) is 32.4 Å². The van der Waals surface area contributed by atoms with Gasteiger partial charge in [0.2, 0.25) is 0 Å². The number of hydrogen-bond donors (Lipinski definition) is 3. The molecule has 5 N–H and O–H groups in total. The van der Waals surface area contributed by atoms with Gasteiger partial charge in [-0.3, -0.25) is 0 Å². The molecule has 1 aromatic rings. The second-order valence-electron chi connectivity index (χ2n) is 3.61. The first-order valence-corrected chi connectivity index (χ1v) is 4.87. The molecule has 1 rings (SSSR count). The maximum Gasteiger partial charge on any atom is 0.123 e. The van der Waals surface area contributed by atoms with Crippen molar-refractivity contribution in [3.8, 4) is 5.75 Å². The van der Waals surface area contributed by atoms with Crippen LogP contribution in [0.4, 0.5) is 0 Å². The van der Waals surface area contributed by atoms with Crippen molar-refractivity contribution in [2.24, 2.45) is 11.5 Å². The predicted molar refractivity (Wildman–Crippen MR) is 58.0 cm³/mol. The summed E-state index contributed by atoms with van der Waals surface area (Å²) in [6.07, 6.45) is 0.800. The fraction of sp³-hybridized carbons (Fsp3) is 0.455. The minimum atomic E-state index is -0.292. The Bertz CT molecular complexity index is 312. The molecule has 0 bridgehead atoms. The van der Waals surface area contributed by atoms with Gasteiger partial charge in [0.05, 0.1) is 0 Å². The van der Waals surface area contributed by atoms with Crippen LogP contribution in [0.3, 0.4) is 0 Å². The third-order valence-electron chi connectivity index (χ3n) is 2.56. The summed E-state index contributed by atoms with van der Waals surface area (Å²) in [6.45, 7) is 3.83. The van der Waals surface area contributed by atoms with Gasteiger partial charge in [0.1, 0.15) is 5.75 Å². The van der Waals surface area contributed by atoms with Crippen molar-refractivity contribution in [3.63, 3.8) is 0 Å². The average molecular weight is 194 g/mol. The quantitative estimate of drug-likeness (QED) is 0.681. The van der Waals surface area contributed by atoms with Gasteiger partial charge >= 0.3 is 0 Å². The van der Waals surface area contributed by atoms with Crippen LogP contribution in [0.2, 0.25) is 0 Å². The first-order valence-electron chi connectivity index (χ1n) is 4.87. The maximum atomic E-state index is 9.78. The zero-order valence-corrected chi connectivity index (χ0v) is 8.70. The van der Waals surface area contributed by atoms with Gasteiger partial charge in [-0.15, -0.1) is 0 Å². The lowest BCUT2D eigenvalue weighted by Gasteiger charge is -2.20. The number of benzene rings is 1. The van der Waals surface area contributed by atoms with E-state index in [9.17, 15) is 5.11 Å². The minimum absolute atomic E-state index is 0.109. The van der Waals surface area contributed by atoms with Gasteiger partial charge in [-0.25, -0.2) is 0 Å². The van der Waals surface area contributed by atoms with E-state index in [0.29, 0.717) is 0 Å². The third kappa shape index (κ3) is 2.05. The number of nitrogens with two attached hydrogens (primary N) is 2. The summed E-state index contributed by atoms with van der Waals surface area (Å²) >= 11 is 0. The lowest BCUT2D eigenvalue weighted by Crippen LogP contribution is -2.33. The summed E-state index contributed by atoms with van der Waals surface area (Å²) in [5.41, 5.74) is 13.3. The van der Waals surface area contributed by atoms with Crippen LogP contribution >= 0.6 is 0 Å². The fourth-order valence-corrected chi connectivity index (χ4v) is 1.44. The Morgan fingerprint density at radius 1 is 1.36 bits per heavy atom. The van der Waals surface area contributed by atoms with Crippen molar-refractivity contribution in [1.29, 1.82) is 0 Å². The van der Waals surface area contributed by atoms with Crippen LogP contribution in [0.25, 0.3) is 0 Å². The number of aryl methyl sites for hydroxylation is 1. The van der Waals surface area contributed by atoms with Crippen LogP contribution in [-0.2, 0) is 0 Å². The molecule has 0 heterocycles. The Morgan fingerprint density at radius 2 is 2.00 bits per heavy atom. The van der Waals surface area contributed by atoms with Crippen molar-refractivity contribution in [2.75, 3.05) is 0 Å². The van der Waals surface area contributed by atoms with E-state index in [4.69, 9.17) is 11.5 Å². The van der Waals surface area contributed by atoms with Gasteiger partial charge in [-0.1, -0.05) is 25.1 Å². The van der Waals surface area contributed by atoms with E-state index in [1.807, 2.05) is 32.0 Å². The summed E-state index contributed by atoms with van der Waals surface area (Å²) in [6, 6.07) is 5.15. The van der Waals surface area contributed by atoms with Crippen LogP contribution in [0.5, 0.6) is 5.75 Å². The smallest absolute Gasteiger partial charge is 0.123 e. The molecular formula is C11H18N2O. The number of hydrogen-bond acceptors (Lipinski definition) is 3. The zero-order valence-electron chi connectivity index (χ0n) is 8.70. The normalized spacial score (nSPS) is 15.1. The molecule has 0 saturated carbocycles. The molecule has 78 valence electrons. The number of phenols is 1. The monoisotopic (exact) mass is 194 g/mol. The van der Waals surface area contributed by atoms with Gasteiger partial charge in [-0.05, 0) is 18.9 Å². The largest absolute Gasteiger partial charge is 0.507 e. The first kappa shape index (κ1) is 11.0. The molecule has 0 spiro atoms. The number of rotatable bonds is 3. The van der Waals surface area contributed by atoms with Gasteiger partial charge < -0.3 is 16.6 Å². The van der Waals surface area contributed by atoms with Crippen molar-refractivity contribution >= 4 is 0 Å². The molecule has 3 heteroatoms. The number of aromatic hydroxyl groups is 1. The molecule has 1 aromatic carbocycles. The fourth-order valence-electron chi connectivity index (χ4n) is 1.44. The zero-order chi connectivity index (χ0) is 10.7. The van der Waals surface area contributed by atoms with Crippen molar-refractivity contribution in [1.82, 2.24) is 0 Å². The number of para-hydroxylation sites is 1.